The molecule has 0 atom stereocenters. The molecule has 0 spiro atoms. The Bertz CT molecular complexity index is 1210. The molecule has 0 aliphatic carbocycles. The maximum absolute atomic E-state index is 12.4. The summed E-state index contributed by atoms with van der Waals surface area (Å²) in [5.74, 6) is -1.17. The van der Waals surface area contributed by atoms with E-state index < -0.39 is 21.7 Å². The van der Waals surface area contributed by atoms with Gasteiger partial charge >= 0.3 is 0 Å². The molecule has 31 heavy (non-hydrogen) atoms. The summed E-state index contributed by atoms with van der Waals surface area (Å²) in [4.78, 5) is 45.2. The molecule has 3 aromatic rings. The lowest BCUT2D eigenvalue weighted by atomic mass is 10.1. The van der Waals surface area contributed by atoms with Crippen LogP contribution < -0.4 is 10.6 Å². The largest absolute Gasteiger partial charge is 0.322 e. The highest BCUT2D eigenvalue weighted by Crippen LogP contribution is 2.27. The van der Waals surface area contributed by atoms with Crippen molar-refractivity contribution in [1.29, 1.82) is 0 Å². The number of halogens is 1. The third-order valence-corrected chi connectivity index (χ3v) is 4.43. The Kier molecular flexibility index (Phi) is 6.22. The van der Waals surface area contributed by atoms with Gasteiger partial charge in [-0.25, -0.2) is 0 Å². The second-order valence-electron chi connectivity index (χ2n) is 6.22. The normalized spacial score (nSPS) is 10.2. The summed E-state index contributed by atoms with van der Waals surface area (Å²) in [5, 5.41) is 26.9. The molecule has 11 heteroatoms. The molecule has 0 aliphatic rings. The monoisotopic (exact) mass is 440 g/mol. The fraction of sp³-hybridized carbons (Fsp3) is 0. The number of nitrogens with zero attached hydrogens (tertiary/aromatic N) is 2. The van der Waals surface area contributed by atoms with Crippen LogP contribution in [0.2, 0.25) is 5.02 Å². The first kappa shape index (κ1) is 21.4. The summed E-state index contributed by atoms with van der Waals surface area (Å²) in [5.41, 5.74) is 0.255. The van der Waals surface area contributed by atoms with Crippen molar-refractivity contribution in [2.45, 2.75) is 0 Å². The Hall–Kier alpha value is -4.31. The Balaban J connectivity index is 1.73. The number of nitro benzene ring substituents is 2. The molecule has 0 aliphatic heterocycles. The van der Waals surface area contributed by atoms with Gasteiger partial charge in [-0.15, -0.1) is 0 Å². The zero-order valence-corrected chi connectivity index (χ0v) is 16.3. The molecule has 3 aromatic carbocycles. The number of rotatable bonds is 6. The second kappa shape index (κ2) is 9.01. The van der Waals surface area contributed by atoms with Crippen molar-refractivity contribution in [2.24, 2.45) is 0 Å². The fourth-order valence-corrected chi connectivity index (χ4v) is 2.84. The quantitative estimate of drug-likeness (QED) is 0.421. The molecule has 0 bridgehead atoms. The van der Waals surface area contributed by atoms with Crippen LogP contribution in [-0.2, 0) is 0 Å². The van der Waals surface area contributed by atoms with Crippen molar-refractivity contribution in [3.8, 4) is 0 Å². The molecule has 0 radical (unpaired) electrons. The highest BCUT2D eigenvalue weighted by atomic mass is 35.5. The molecule has 3 rings (SSSR count). The lowest BCUT2D eigenvalue weighted by Gasteiger charge is -2.10. The number of benzene rings is 3. The third kappa shape index (κ3) is 5.19. The number of amides is 2. The Morgan fingerprint density at radius 3 is 1.74 bits per heavy atom. The second-order valence-corrected chi connectivity index (χ2v) is 6.62. The van der Waals surface area contributed by atoms with E-state index in [-0.39, 0.29) is 33.2 Å². The first-order valence-electron chi connectivity index (χ1n) is 8.66. The van der Waals surface area contributed by atoms with Crippen LogP contribution in [0.25, 0.3) is 0 Å². The molecule has 0 saturated carbocycles. The molecule has 0 aromatic heterocycles. The van der Waals surface area contributed by atoms with E-state index in [9.17, 15) is 29.8 Å². The zero-order valence-electron chi connectivity index (χ0n) is 15.6. The van der Waals surface area contributed by atoms with Crippen molar-refractivity contribution in [3.63, 3.8) is 0 Å². The van der Waals surface area contributed by atoms with Gasteiger partial charge in [-0.05, 0) is 30.3 Å². The smallest absolute Gasteiger partial charge is 0.270 e. The lowest BCUT2D eigenvalue weighted by Crippen LogP contribution is -2.14. The summed E-state index contributed by atoms with van der Waals surface area (Å²) < 4.78 is 0. The number of hydrogen-bond acceptors (Lipinski definition) is 6. The predicted octanol–water partition coefficient (Wildman–Crippen LogP) is 4.66. The van der Waals surface area contributed by atoms with E-state index in [1.165, 1.54) is 54.6 Å². The Morgan fingerprint density at radius 1 is 0.742 bits per heavy atom. The first-order valence-corrected chi connectivity index (χ1v) is 9.03. The van der Waals surface area contributed by atoms with Gasteiger partial charge in [0.25, 0.3) is 23.2 Å². The molecule has 0 heterocycles. The minimum absolute atomic E-state index is 0.0771. The van der Waals surface area contributed by atoms with Crippen molar-refractivity contribution in [3.05, 3.63) is 103 Å². The van der Waals surface area contributed by atoms with Crippen molar-refractivity contribution in [2.75, 3.05) is 10.6 Å². The van der Waals surface area contributed by atoms with E-state index in [1.807, 2.05) is 0 Å². The van der Waals surface area contributed by atoms with Gasteiger partial charge in [0.1, 0.15) is 0 Å². The van der Waals surface area contributed by atoms with Crippen LogP contribution in [0.1, 0.15) is 20.7 Å². The molecule has 156 valence electrons. The van der Waals surface area contributed by atoms with Gasteiger partial charge < -0.3 is 10.6 Å². The fourth-order valence-electron chi connectivity index (χ4n) is 2.61. The van der Waals surface area contributed by atoms with Gasteiger partial charge in [-0.3, -0.25) is 29.8 Å². The molecule has 10 nitrogen and oxygen atoms in total. The van der Waals surface area contributed by atoms with Gasteiger partial charge in [0.05, 0.1) is 20.6 Å². The summed E-state index contributed by atoms with van der Waals surface area (Å²) in [6, 6.07) is 14.8. The van der Waals surface area contributed by atoms with E-state index in [0.29, 0.717) is 5.69 Å². The predicted molar refractivity (Wildman–Crippen MR) is 114 cm³/mol. The number of nitrogens with one attached hydrogen (secondary N) is 2. The highest BCUT2D eigenvalue weighted by Gasteiger charge is 2.15. The topological polar surface area (TPSA) is 144 Å². The number of anilines is 2. The zero-order chi connectivity index (χ0) is 22.5. The van der Waals surface area contributed by atoms with Gasteiger partial charge in [-0.2, -0.15) is 0 Å². The SMILES string of the molecule is O=C(Nc1ccc(NC(=O)c2cccc([N+](=O)[O-])c2)c(Cl)c1)c1cccc([N+](=O)[O-])c1. The molecule has 2 N–H and O–H groups in total. The van der Waals surface area contributed by atoms with Gasteiger partial charge in [0.2, 0.25) is 0 Å². The van der Waals surface area contributed by atoms with Crippen LogP contribution in [0.4, 0.5) is 22.7 Å². The maximum atomic E-state index is 12.4. The Labute approximate surface area is 179 Å². The number of carbonyl (C=O) groups excluding carboxylic acids is 2. The number of hydrogen-bond donors (Lipinski definition) is 2. The number of nitro groups is 2. The van der Waals surface area contributed by atoms with Gasteiger partial charge in [0, 0.05) is 41.1 Å². The van der Waals surface area contributed by atoms with Crippen LogP contribution in [-0.4, -0.2) is 21.7 Å². The molecular weight excluding hydrogens is 428 g/mol. The molecule has 2 amide bonds. The molecular formula is C20H13ClN4O6. The molecule has 0 fully saturated rings. The molecule has 0 saturated heterocycles. The third-order valence-electron chi connectivity index (χ3n) is 4.11. The van der Waals surface area contributed by atoms with E-state index in [4.69, 9.17) is 11.6 Å². The highest BCUT2D eigenvalue weighted by molar-refractivity contribution is 6.34. The van der Waals surface area contributed by atoms with E-state index in [0.717, 1.165) is 12.1 Å². The average Bonchev–Trinajstić information content (AvgIpc) is 2.75. The molecule has 0 unspecified atom stereocenters. The number of non-ortho nitro benzene ring substituents is 2. The summed E-state index contributed by atoms with van der Waals surface area (Å²) in [6.45, 7) is 0. The maximum Gasteiger partial charge on any atom is 0.270 e. The van der Waals surface area contributed by atoms with E-state index in [2.05, 4.69) is 10.6 Å². The van der Waals surface area contributed by atoms with E-state index >= 15 is 0 Å². The minimum atomic E-state index is -0.609. The summed E-state index contributed by atoms with van der Waals surface area (Å²) in [7, 11) is 0. The lowest BCUT2D eigenvalue weighted by molar-refractivity contribution is -0.385. The number of carbonyl (C=O) groups is 2. The van der Waals surface area contributed by atoms with Crippen LogP contribution >= 0.6 is 11.6 Å². The van der Waals surface area contributed by atoms with Crippen molar-refractivity contribution in [1.82, 2.24) is 0 Å². The van der Waals surface area contributed by atoms with Gasteiger partial charge in [-0.1, -0.05) is 23.7 Å². The van der Waals surface area contributed by atoms with Crippen LogP contribution in [0.3, 0.4) is 0 Å². The van der Waals surface area contributed by atoms with Crippen molar-refractivity contribution < 1.29 is 19.4 Å². The standard InChI is InChI=1S/C20H13ClN4O6/c21-17-11-14(22-19(26)12-3-1-5-15(9-12)24(28)29)7-8-18(17)23-20(27)13-4-2-6-16(10-13)25(30)31/h1-11H,(H,22,26)(H,23,27). The Morgan fingerprint density at radius 2 is 1.26 bits per heavy atom. The average molecular weight is 441 g/mol. The van der Waals surface area contributed by atoms with Crippen LogP contribution in [0, 0.1) is 20.2 Å². The van der Waals surface area contributed by atoms with Crippen LogP contribution in [0.5, 0.6) is 0 Å². The van der Waals surface area contributed by atoms with Gasteiger partial charge in [0.15, 0.2) is 0 Å². The van der Waals surface area contributed by atoms with Crippen molar-refractivity contribution >= 4 is 46.2 Å². The van der Waals surface area contributed by atoms with E-state index in [1.54, 1.807) is 0 Å². The van der Waals surface area contributed by atoms with Crippen LogP contribution in [0.15, 0.2) is 66.7 Å². The summed E-state index contributed by atoms with van der Waals surface area (Å²) >= 11 is 6.18. The minimum Gasteiger partial charge on any atom is -0.322 e. The first-order chi connectivity index (χ1) is 14.7. The summed E-state index contributed by atoms with van der Waals surface area (Å²) in [6.07, 6.45) is 0.